The maximum atomic E-state index is 12.3. The summed E-state index contributed by atoms with van der Waals surface area (Å²) in [4.78, 5) is 16.3. The first kappa shape index (κ1) is 17.0. The van der Waals surface area contributed by atoms with Crippen LogP contribution < -0.4 is 14.4 Å². The van der Waals surface area contributed by atoms with E-state index in [1.165, 1.54) is 6.07 Å². The summed E-state index contributed by atoms with van der Waals surface area (Å²) in [7, 11) is 1.65. The maximum absolute atomic E-state index is 12.3. The summed E-state index contributed by atoms with van der Waals surface area (Å²) in [5, 5.41) is 9.41. The molecule has 6 nitrogen and oxygen atoms in total. The van der Waals surface area contributed by atoms with Gasteiger partial charge in [0.1, 0.15) is 17.2 Å². The molecule has 0 aliphatic carbocycles. The number of rotatable bonds is 5. The predicted molar refractivity (Wildman–Crippen MR) is 95.4 cm³/mol. The molecule has 0 radical (unpaired) electrons. The quantitative estimate of drug-likeness (QED) is 0.902. The van der Waals surface area contributed by atoms with Gasteiger partial charge < -0.3 is 24.4 Å². The predicted octanol–water partition coefficient (Wildman–Crippen LogP) is 2.13. The Balaban J connectivity index is 1.48. The first-order valence-corrected chi connectivity index (χ1v) is 8.24. The summed E-state index contributed by atoms with van der Waals surface area (Å²) in [6.07, 6.45) is 0. The second-order valence-electron chi connectivity index (χ2n) is 5.85. The SMILES string of the molecule is COc1ccc(N2CCN(C(=O)COc3cccc(O)c3)CC2)cc1. The minimum atomic E-state index is -0.0438. The van der Waals surface area contributed by atoms with Gasteiger partial charge in [-0.1, -0.05) is 6.07 Å². The minimum absolute atomic E-state index is 0.0218. The molecular formula is C19H22N2O4. The smallest absolute Gasteiger partial charge is 0.260 e. The summed E-state index contributed by atoms with van der Waals surface area (Å²) in [6, 6.07) is 14.4. The number of ether oxygens (including phenoxy) is 2. The molecule has 0 aromatic heterocycles. The summed E-state index contributed by atoms with van der Waals surface area (Å²) in [5.74, 6) is 1.41. The molecule has 1 N–H and O–H groups in total. The number of hydrogen-bond donors (Lipinski definition) is 1. The Morgan fingerprint density at radius 3 is 2.40 bits per heavy atom. The van der Waals surface area contributed by atoms with E-state index in [0.717, 1.165) is 24.5 Å². The number of carbonyl (C=O) groups is 1. The van der Waals surface area contributed by atoms with E-state index < -0.39 is 0 Å². The molecule has 1 amide bonds. The van der Waals surface area contributed by atoms with Crippen molar-refractivity contribution in [1.29, 1.82) is 0 Å². The van der Waals surface area contributed by atoms with Gasteiger partial charge in [-0.3, -0.25) is 4.79 Å². The molecule has 1 aliphatic heterocycles. The van der Waals surface area contributed by atoms with Crippen molar-refractivity contribution in [3.63, 3.8) is 0 Å². The summed E-state index contributed by atoms with van der Waals surface area (Å²) in [5.41, 5.74) is 1.13. The maximum Gasteiger partial charge on any atom is 0.260 e. The lowest BCUT2D eigenvalue weighted by atomic mass is 10.2. The van der Waals surface area contributed by atoms with Crippen molar-refractivity contribution in [3.05, 3.63) is 48.5 Å². The topological polar surface area (TPSA) is 62.2 Å². The van der Waals surface area contributed by atoms with Crippen molar-refractivity contribution in [2.75, 3.05) is 44.8 Å². The van der Waals surface area contributed by atoms with E-state index >= 15 is 0 Å². The average Bonchev–Trinajstić information content (AvgIpc) is 2.66. The van der Waals surface area contributed by atoms with Crippen LogP contribution in [0.2, 0.25) is 0 Å². The van der Waals surface area contributed by atoms with E-state index in [1.54, 1.807) is 25.3 Å². The molecule has 0 unspecified atom stereocenters. The fourth-order valence-electron chi connectivity index (χ4n) is 2.82. The highest BCUT2D eigenvalue weighted by atomic mass is 16.5. The third-order valence-electron chi connectivity index (χ3n) is 4.25. The molecule has 25 heavy (non-hydrogen) atoms. The van der Waals surface area contributed by atoms with Crippen molar-refractivity contribution in [2.45, 2.75) is 0 Å². The number of hydrogen-bond acceptors (Lipinski definition) is 5. The van der Waals surface area contributed by atoms with Gasteiger partial charge in [-0.15, -0.1) is 0 Å². The third kappa shape index (κ3) is 4.35. The van der Waals surface area contributed by atoms with E-state index in [2.05, 4.69) is 4.90 Å². The van der Waals surface area contributed by atoms with Crippen LogP contribution in [0.4, 0.5) is 5.69 Å². The zero-order valence-electron chi connectivity index (χ0n) is 14.2. The molecule has 0 spiro atoms. The molecule has 0 saturated carbocycles. The van der Waals surface area contributed by atoms with Crippen molar-refractivity contribution in [1.82, 2.24) is 4.90 Å². The molecule has 6 heteroatoms. The van der Waals surface area contributed by atoms with Crippen molar-refractivity contribution >= 4 is 11.6 Å². The van der Waals surface area contributed by atoms with Crippen LogP contribution in [0.5, 0.6) is 17.2 Å². The number of methoxy groups -OCH3 is 1. The molecule has 132 valence electrons. The van der Waals surface area contributed by atoms with Crippen LogP contribution in [0.15, 0.2) is 48.5 Å². The molecule has 0 bridgehead atoms. The number of nitrogens with zero attached hydrogens (tertiary/aromatic N) is 2. The Morgan fingerprint density at radius 2 is 1.76 bits per heavy atom. The molecule has 1 saturated heterocycles. The Bertz CT molecular complexity index is 710. The van der Waals surface area contributed by atoms with Crippen LogP contribution in [0, 0.1) is 0 Å². The second-order valence-corrected chi connectivity index (χ2v) is 5.85. The summed E-state index contributed by atoms with van der Waals surface area (Å²) >= 11 is 0. The van der Waals surface area contributed by atoms with Crippen LogP contribution in [0.25, 0.3) is 0 Å². The van der Waals surface area contributed by atoms with Gasteiger partial charge in [0.15, 0.2) is 6.61 Å². The summed E-state index contributed by atoms with van der Waals surface area (Å²) in [6.45, 7) is 2.86. The molecule has 1 fully saturated rings. The van der Waals surface area contributed by atoms with Gasteiger partial charge in [0.25, 0.3) is 5.91 Å². The van der Waals surface area contributed by atoms with Crippen LogP contribution in [0.1, 0.15) is 0 Å². The number of phenolic OH excluding ortho intramolecular Hbond substituents is 1. The molecule has 1 heterocycles. The Morgan fingerprint density at radius 1 is 1.04 bits per heavy atom. The fraction of sp³-hybridized carbons (Fsp3) is 0.316. The highest BCUT2D eigenvalue weighted by molar-refractivity contribution is 5.78. The van der Waals surface area contributed by atoms with E-state index in [0.29, 0.717) is 18.8 Å². The lowest BCUT2D eigenvalue weighted by molar-refractivity contribution is -0.133. The Labute approximate surface area is 147 Å². The number of carbonyl (C=O) groups excluding carboxylic acids is 1. The second kappa shape index (κ2) is 7.79. The van der Waals surface area contributed by atoms with E-state index in [1.807, 2.05) is 29.2 Å². The molecular weight excluding hydrogens is 320 g/mol. The number of phenols is 1. The lowest BCUT2D eigenvalue weighted by Crippen LogP contribution is -2.50. The van der Waals surface area contributed by atoms with E-state index in [4.69, 9.17) is 9.47 Å². The Kier molecular flexibility index (Phi) is 5.28. The molecule has 3 rings (SSSR count). The normalized spacial score (nSPS) is 14.3. The highest BCUT2D eigenvalue weighted by Gasteiger charge is 2.21. The summed E-state index contributed by atoms with van der Waals surface area (Å²) < 4.78 is 10.6. The Hall–Kier alpha value is -2.89. The highest BCUT2D eigenvalue weighted by Crippen LogP contribution is 2.21. The lowest BCUT2D eigenvalue weighted by Gasteiger charge is -2.36. The van der Waals surface area contributed by atoms with Crippen LogP contribution in [0.3, 0.4) is 0 Å². The molecule has 1 aliphatic rings. The van der Waals surface area contributed by atoms with Gasteiger partial charge in [-0.25, -0.2) is 0 Å². The minimum Gasteiger partial charge on any atom is -0.508 e. The molecule has 0 atom stereocenters. The van der Waals surface area contributed by atoms with Gasteiger partial charge in [0.05, 0.1) is 7.11 Å². The molecule has 2 aromatic rings. The van der Waals surface area contributed by atoms with Crippen molar-refractivity contribution in [2.24, 2.45) is 0 Å². The van der Waals surface area contributed by atoms with Crippen molar-refractivity contribution in [3.8, 4) is 17.2 Å². The average molecular weight is 342 g/mol. The number of anilines is 1. The number of aromatic hydroxyl groups is 1. The third-order valence-corrected chi connectivity index (χ3v) is 4.25. The largest absolute Gasteiger partial charge is 0.508 e. The van der Waals surface area contributed by atoms with Crippen LogP contribution in [-0.2, 0) is 4.79 Å². The van der Waals surface area contributed by atoms with E-state index in [9.17, 15) is 9.90 Å². The molecule has 2 aromatic carbocycles. The fourth-order valence-corrected chi connectivity index (χ4v) is 2.82. The number of benzene rings is 2. The van der Waals surface area contributed by atoms with E-state index in [-0.39, 0.29) is 18.3 Å². The van der Waals surface area contributed by atoms with Gasteiger partial charge in [0.2, 0.25) is 0 Å². The van der Waals surface area contributed by atoms with Crippen LogP contribution in [-0.4, -0.2) is 55.8 Å². The van der Waals surface area contributed by atoms with Gasteiger partial charge in [-0.2, -0.15) is 0 Å². The van der Waals surface area contributed by atoms with Gasteiger partial charge >= 0.3 is 0 Å². The van der Waals surface area contributed by atoms with Crippen molar-refractivity contribution < 1.29 is 19.4 Å². The zero-order valence-corrected chi connectivity index (χ0v) is 14.2. The zero-order chi connectivity index (χ0) is 17.6. The first-order valence-electron chi connectivity index (χ1n) is 8.24. The monoisotopic (exact) mass is 342 g/mol. The number of amides is 1. The van der Waals surface area contributed by atoms with Crippen LogP contribution >= 0.6 is 0 Å². The van der Waals surface area contributed by atoms with Gasteiger partial charge in [-0.05, 0) is 36.4 Å². The standard InChI is InChI=1S/C19H22N2O4/c1-24-17-7-5-15(6-8-17)20-9-11-21(12-10-20)19(23)14-25-18-4-2-3-16(22)13-18/h2-8,13,22H,9-12,14H2,1H3. The van der Waals surface area contributed by atoms with Gasteiger partial charge in [0, 0.05) is 37.9 Å². The number of piperazine rings is 1. The first-order chi connectivity index (χ1) is 12.2.